The fraction of sp³-hybridized carbons (Fsp3) is 0.684. The third kappa shape index (κ3) is 3.39. The maximum absolute atomic E-state index is 13.0. The molecule has 2 fully saturated rings. The minimum Gasteiger partial charge on any atom is -0.361 e. The summed E-state index contributed by atoms with van der Waals surface area (Å²) in [5, 5.41) is 8.17. The van der Waals surface area contributed by atoms with Crippen molar-refractivity contribution in [2.45, 2.75) is 64.7 Å². The second-order valence-corrected chi connectivity index (χ2v) is 7.80. The summed E-state index contributed by atoms with van der Waals surface area (Å²) in [6, 6.07) is 0. The average Bonchev–Trinajstić information content (AvgIpc) is 3.31. The Kier molecular flexibility index (Phi) is 4.54. The molecule has 2 aromatic heterocycles. The molecule has 1 amide bonds. The Balaban J connectivity index is 1.40. The van der Waals surface area contributed by atoms with Crippen LogP contribution in [-0.4, -0.2) is 39.2 Å². The van der Waals surface area contributed by atoms with Gasteiger partial charge in [-0.1, -0.05) is 17.2 Å². The summed E-state index contributed by atoms with van der Waals surface area (Å²) >= 11 is 0. The van der Waals surface area contributed by atoms with Crippen LogP contribution in [0.1, 0.15) is 73.2 Å². The van der Waals surface area contributed by atoms with Gasteiger partial charge in [0.05, 0.1) is 5.69 Å². The highest BCUT2D eigenvalue weighted by Crippen LogP contribution is 2.39. The summed E-state index contributed by atoms with van der Waals surface area (Å²) in [5.74, 6) is 3.07. The highest BCUT2D eigenvalue weighted by molar-refractivity contribution is 5.79. The van der Waals surface area contributed by atoms with E-state index in [0.717, 1.165) is 61.0 Å². The topological polar surface area (TPSA) is 85.3 Å². The van der Waals surface area contributed by atoms with Gasteiger partial charge in [-0.25, -0.2) is 0 Å². The number of aryl methyl sites for hydroxylation is 2. The van der Waals surface area contributed by atoms with Crippen molar-refractivity contribution in [2.24, 2.45) is 5.92 Å². The summed E-state index contributed by atoms with van der Waals surface area (Å²) in [5.41, 5.74) is 1.92. The van der Waals surface area contributed by atoms with Crippen molar-refractivity contribution in [3.05, 3.63) is 28.7 Å². The molecule has 0 unspecified atom stereocenters. The van der Waals surface area contributed by atoms with Crippen LogP contribution in [0, 0.1) is 19.8 Å². The first-order valence-electron chi connectivity index (χ1n) is 9.57. The minimum atomic E-state index is -0.0992. The summed E-state index contributed by atoms with van der Waals surface area (Å²) in [6.45, 7) is 7.28. The lowest BCUT2D eigenvalue weighted by atomic mass is 9.94. The van der Waals surface area contributed by atoms with Crippen molar-refractivity contribution in [3.8, 4) is 0 Å². The zero-order chi connectivity index (χ0) is 18.3. The Morgan fingerprint density at radius 1 is 1.19 bits per heavy atom. The van der Waals surface area contributed by atoms with E-state index in [0.29, 0.717) is 18.9 Å². The summed E-state index contributed by atoms with van der Waals surface area (Å²) < 4.78 is 10.6. The normalized spacial score (nSPS) is 21.8. The molecule has 7 nitrogen and oxygen atoms in total. The predicted octanol–water partition coefficient (Wildman–Crippen LogP) is 3.14. The maximum atomic E-state index is 13.0. The van der Waals surface area contributed by atoms with E-state index < -0.39 is 0 Å². The number of likely N-dealkylation sites (tertiary alicyclic amines) is 1. The molecule has 140 valence electrons. The Bertz CT molecular complexity index is 773. The van der Waals surface area contributed by atoms with E-state index in [1.54, 1.807) is 0 Å². The molecule has 7 heteroatoms. The van der Waals surface area contributed by atoms with Crippen molar-refractivity contribution >= 4 is 5.91 Å². The molecule has 4 rings (SSSR count). The van der Waals surface area contributed by atoms with Gasteiger partial charge in [-0.05, 0) is 46.0 Å². The van der Waals surface area contributed by atoms with Gasteiger partial charge in [0.15, 0.2) is 5.82 Å². The number of piperidine rings is 1. The largest absolute Gasteiger partial charge is 0.361 e. The molecule has 3 heterocycles. The number of hydrogen-bond acceptors (Lipinski definition) is 6. The molecule has 1 aliphatic heterocycles. The SMILES string of the molecule is Cc1noc(C)c1C[C@H](C)C(=O)N1CCC[C@H](c2noc(C3CC3)n2)C1. The van der Waals surface area contributed by atoms with Gasteiger partial charge < -0.3 is 13.9 Å². The van der Waals surface area contributed by atoms with Crippen LogP contribution in [0.4, 0.5) is 0 Å². The lowest BCUT2D eigenvalue weighted by Crippen LogP contribution is -2.42. The fourth-order valence-electron chi connectivity index (χ4n) is 3.80. The zero-order valence-electron chi connectivity index (χ0n) is 15.7. The smallest absolute Gasteiger partial charge is 0.229 e. The third-order valence-electron chi connectivity index (χ3n) is 5.60. The van der Waals surface area contributed by atoms with Crippen molar-refractivity contribution in [3.63, 3.8) is 0 Å². The predicted molar refractivity (Wildman–Crippen MR) is 93.7 cm³/mol. The quantitative estimate of drug-likeness (QED) is 0.816. The number of amides is 1. The molecule has 1 saturated heterocycles. The molecule has 1 aliphatic carbocycles. The molecular formula is C19H26N4O3. The molecule has 0 N–H and O–H groups in total. The first kappa shape index (κ1) is 17.2. The van der Waals surface area contributed by atoms with Crippen LogP contribution >= 0.6 is 0 Å². The van der Waals surface area contributed by atoms with Crippen molar-refractivity contribution in [1.29, 1.82) is 0 Å². The summed E-state index contributed by atoms with van der Waals surface area (Å²) in [4.78, 5) is 19.5. The second-order valence-electron chi connectivity index (χ2n) is 7.80. The monoisotopic (exact) mass is 358 g/mol. The van der Waals surface area contributed by atoms with E-state index in [-0.39, 0.29) is 17.7 Å². The molecule has 2 atom stereocenters. The van der Waals surface area contributed by atoms with Crippen molar-refractivity contribution in [2.75, 3.05) is 13.1 Å². The summed E-state index contributed by atoms with van der Waals surface area (Å²) in [7, 11) is 0. The number of aromatic nitrogens is 3. The average molecular weight is 358 g/mol. The Labute approximate surface area is 153 Å². The number of carbonyl (C=O) groups excluding carboxylic acids is 1. The molecule has 0 spiro atoms. The molecule has 1 saturated carbocycles. The second kappa shape index (κ2) is 6.85. The Hall–Kier alpha value is -2.18. The van der Waals surface area contributed by atoms with Crippen LogP contribution < -0.4 is 0 Å². The van der Waals surface area contributed by atoms with Gasteiger partial charge in [-0.2, -0.15) is 4.98 Å². The minimum absolute atomic E-state index is 0.0992. The highest BCUT2D eigenvalue weighted by atomic mass is 16.5. The highest BCUT2D eigenvalue weighted by Gasteiger charge is 2.33. The van der Waals surface area contributed by atoms with Crippen LogP contribution in [0.25, 0.3) is 0 Å². The molecule has 0 aromatic carbocycles. The van der Waals surface area contributed by atoms with E-state index in [9.17, 15) is 4.79 Å². The molecule has 2 aromatic rings. The first-order chi connectivity index (χ1) is 12.5. The van der Waals surface area contributed by atoms with Crippen molar-refractivity contribution in [1.82, 2.24) is 20.2 Å². The van der Waals surface area contributed by atoms with E-state index in [1.165, 1.54) is 0 Å². The van der Waals surface area contributed by atoms with Gasteiger partial charge in [-0.3, -0.25) is 4.79 Å². The number of hydrogen-bond donors (Lipinski definition) is 0. The molecule has 0 radical (unpaired) electrons. The molecule has 0 bridgehead atoms. The fourth-order valence-corrected chi connectivity index (χ4v) is 3.80. The van der Waals surface area contributed by atoms with Gasteiger partial charge in [-0.15, -0.1) is 0 Å². The van der Waals surface area contributed by atoms with Gasteiger partial charge >= 0.3 is 0 Å². The standard InChI is InChI=1S/C19H26N4O3/c1-11(9-16-12(2)21-25-13(16)3)19(24)23-8-4-5-15(10-23)17-20-18(26-22-17)14-6-7-14/h11,14-15H,4-10H2,1-3H3/t11-,15-/m0/s1. The van der Waals surface area contributed by atoms with Crippen LogP contribution in [0.2, 0.25) is 0 Å². The number of rotatable bonds is 5. The van der Waals surface area contributed by atoms with Crippen LogP contribution in [-0.2, 0) is 11.2 Å². The maximum Gasteiger partial charge on any atom is 0.229 e. The lowest BCUT2D eigenvalue weighted by Gasteiger charge is -2.33. The van der Waals surface area contributed by atoms with E-state index in [4.69, 9.17) is 9.05 Å². The first-order valence-corrected chi connectivity index (χ1v) is 9.57. The lowest BCUT2D eigenvalue weighted by molar-refractivity contribution is -0.136. The van der Waals surface area contributed by atoms with Gasteiger partial charge in [0, 0.05) is 36.4 Å². The van der Waals surface area contributed by atoms with Gasteiger partial charge in [0.2, 0.25) is 11.8 Å². The van der Waals surface area contributed by atoms with Crippen molar-refractivity contribution < 1.29 is 13.8 Å². The molecule has 2 aliphatic rings. The van der Waals surface area contributed by atoms with E-state index in [1.807, 2.05) is 25.7 Å². The van der Waals surface area contributed by atoms with Crippen LogP contribution in [0.3, 0.4) is 0 Å². The van der Waals surface area contributed by atoms with E-state index >= 15 is 0 Å². The number of nitrogens with zero attached hydrogens (tertiary/aromatic N) is 4. The number of carbonyl (C=O) groups is 1. The van der Waals surface area contributed by atoms with Crippen LogP contribution in [0.5, 0.6) is 0 Å². The Morgan fingerprint density at radius 3 is 2.69 bits per heavy atom. The molecule has 26 heavy (non-hydrogen) atoms. The summed E-state index contributed by atoms with van der Waals surface area (Å²) in [6.07, 6.45) is 4.94. The van der Waals surface area contributed by atoms with Gasteiger partial charge in [0.25, 0.3) is 0 Å². The van der Waals surface area contributed by atoms with E-state index in [2.05, 4.69) is 15.3 Å². The zero-order valence-corrected chi connectivity index (χ0v) is 15.7. The van der Waals surface area contributed by atoms with Gasteiger partial charge in [0.1, 0.15) is 5.76 Å². The molecular weight excluding hydrogens is 332 g/mol. The van der Waals surface area contributed by atoms with Crippen LogP contribution in [0.15, 0.2) is 9.05 Å². The third-order valence-corrected chi connectivity index (χ3v) is 5.60. The Morgan fingerprint density at radius 2 is 2.00 bits per heavy atom.